The Labute approximate surface area is 246 Å². The largest absolute Gasteiger partial charge is 0.497 e. The second-order valence-electron chi connectivity index (χ2n) is 7.70. The van der Waals surface area contributed by atoms with Crippen molar-refractivity contribution in [2.45, 2.75) is 8.94 Å². The first kappa shape index (κ1) is 28.1. The topological polar surface area (TPSA) is 44.8 Å². The number of benzene rings is 2. The standard InChI is InChI=1S/C25H28I3N3O2S/c1-19(26)6-4-3-5-13-30-14-16-31(17-15-30)25(28)20-7-9-21(10-8-20)29-34(32)24-12-11-22(33-2)18-23(24)27/h3-12,18,25,29H,1,13-17H2,2H3/b5-3-,6-4-/t25-,34?/m1/s1. The van der Waals surface area contributed by atoms with Crippen molar-refractivity contribution in [2.75, 3.05) is 44.6 Å². The fourth-order valence-electron chi connectivity index (χ4n) is 3.46. The molecular weight excluding hydrogens is 787 g/mol. The van der Waals surface area contributed by atoms with Crippen molar-refractivity contribution in [3.63, 3.8) is 0 Å². The van der Waals surface area contributed by atoms with Crippen LogP contribution < -0.4 is 9.46 Å². The number of rotatable bonds is 10. The molecule has 0 aliphatic carbocycles. The predicted octanol–water partition coefficient (Wildman–Crippen LogP) is 6.55. The second kappa shape index (κ2) is 14.3. The van der Waals surface area contributed by atoms with E-state index in [1.165, 1.54) is 5.56 Å². The number of ether oxygens (including phenoxy) is 1. The fraction of sp³-hybridized carbons (Fsp3) is 0.280. The number of allylic oxidation sites excluding steroid dienone is 4. The SMILES string of the molecule is C=C(I)/C=C\C=C/CN1CCN([C@@H](I)c2ccc(NS(=O)c3ccc(OC)cc3I)cc2)CC1. The Morgan fingerprint density at radius 3 is 2.50 bits per heavy atom. The molecule has 9 heteroatoms. The zero-order valence-corrected chi connectivity index (χ0v) is 26.2. The Hall–Kier alpha value is -0.480. The van der Waals surface area contributed by atoms with Crippen LogP contribution in [-0.4, -0.2) is 53.8 Å². The zero-order chi connectivity index (χ0) is 24.5. The Morgan fingerprint density at radius 2 is 1.88 bits per heavy atom. The van der Waals surface area contributed by atoms with E-state index in [9.17, 15) is 4.21 Å². The van der Waals surface area contributed by atoms with Crippen LogP contribution >= 0.6 is 67.8 Å². The van der Waals surface area contributed by atoms with Crippen molar-refractivity contribution in [2.24, 2.45) is 0 Å². The van der Waals surface area contributed by atoms with Gasteiger partial charge in [0.1, 0.15) is 5.75 Å². The minimum Gasteiger partial charge on any atom is -0.497 e. The van der Waals surface area contributed by atoms with E-state index >= 15 is 0 Å². The highest BCUT2D eigenvalue weighted by Crippen LogP contribution is 2.30. The van der Waals surface area contributed by atoms with Gasteiger partial charge < -0.3 is 9.46 Å². The minimum absolute atomic E-state index is 0.315. The third kappa shape index (κ3) is 8.57. The molecule has 1 unspecified atom stereocenters. The molecule has 1 saturated heterocycles. The van der Waals surface area contributed by atoms with Crippen LogP contribution in [0.1, 0.15) is 9.61 Å². The van der Waals surface area contributed by atoms with Crippen molar-refractivity contribution in [1.29, 1.82) is 0 Å². The number of anilines is 1. The van der Waals surface area contributed by atoms with E-state index in [1.54, 1.807) is 7.11 Å². The molecule has 2 atom stereocenters. The molecular formula is C25H28I3N3O2S. The van der Waals surface area contributed by atoms with E-state index in [0.29, 0.717) is 4.05 Å². The molecule has 2 aromatic rings. The molecule has 0 amide bonds. The van der Waals surface area contributed by atoms with Crippen LogP contribution in [0.4, 0.5) is 5.69 Å². The van der Waals surface area contributed by atoms with Gasteiger partial charge in [-0.3, -0.25) is 9.80 Å². The normalized spacial score (nSPS) is 17.2. The summed E-state index contributed by atoms with van der Waals surface area (Å²) in [5.41, 5.74) is 2.10. The number of nitrogens with zero attached hydrogens (tertiary/aromatic N) is 2. The molecule has 0 aromatic heterocycles. The maximum Gasteiger partial charge on any atom is 0.151 e. The molecule has 5 nitrogen and oxygen atoms in total. The molecule has 182 valence electrons. The van der Waals surface area contributed by atoms with Crippen LogP contribution in [0.3, 0.4) is 0 Å². The Morgan fingerprint density at radius 1 is 1.18 bits per heavy atom. The van der Waals surface area contributed by atoms with Crippen LogP contribution in [0.2, 0.25) is 0 Å². The molecule has 2 aromatic carbocycles. The zero-order valence-electron chi connectivity index (χ0n) is 18.9. The molecule has 34 heavy (non-hydrogen) atoms. The maximum atomic E-state index is 12.8. The van der Waals surface area contributed by atoms with E-state index in [-0.39, 0.29) is 0 Å². The smallest absolute Gasteiger partial charge is 0.151 e. The summed E-state index contributed by atoms with van der Waals surface area (Å²) < 4.78 is 23.4. The molecule has 0 radical (unpaired) electrons. The summed E-state index contributed by atoms with van der Waals surface area (Å²) in [6, 6.07) is 13.8. The molecule has 0 saturated carbocycles. The Bertz CT molecular complexity index is 1050. The number of alkyl halides is 1. The van der Waals surface area contributed by atoms with Crippen LogP contribution in [0.25, 0.3) is 0 Å². The number of methoxy groups -OCH3 is 1. The number of halogens is 3. The van der Waals surface area contributed by atoms with Gasteiger partial charge in [0.25, 0.3) is 0 Å². The number of nitrogens with one attached hydrogen (secondary N) is 1. The van der Waals surface area contributed by atoms with Gasteiger partial charge in [-0.25, -0.2) is 4.21 Å². The monoisotopic (exact) mass is 815 g/mol. The average Bonchev–Trinajstić information content (AvgIpc) is 2.84. The van der Waals surface area contributed by atoms with Crippen molar-refractivity contribution in [1.82, 2.24) is 9.80 Å². The molecule has 1 fully saturated rings. The lowest BCUT2D eigenvalue weighted by Crippen LogP contribution is -2.46. The molecule has 0 bridgehead atoms. The summed E-state index contributed by atoms with van der Waals surface area (Å²) in [6.45, 7) is 9.04. The molecule has 1 heterocycles. The van der Waals surface area contributed by atoms with Crippen molar-refractivity contribution < 1.29 is 8.95 Å². The van der Waals surface area contributed by atoms with E-state index in [1.807, 2.05) is 42.5 Å². The van der Waals surface area contributed by atoms with Crippen LogP contribution in [-0.2, 0) is 11.0 Å². The van der Waals surface area contributed by atoms with Gasteiger partial charge in [0.05, 0.1) is 16.1 Å². The molecule has 3 rings (SSSR count). The van der Waals surface area contributed by atoms with Gasteiger partial charge in [0, 0.05) is 45.6 Å². The van der Waals surface area contributed by atoms with Gasteiger partial charge in [-0.1, -0.05) is 59.5 Å². The molecule has 1 N–H and O–H groups in total. The third-order valence-electron chi connectivity index (χ3n) is 5.35. The highest BCUT2D eigenvalue weighted by molar-refractivity contribution is 14.1. The number of hydrogen-bond acceptors (Lipinski definition) is 4. The van der Waals surface area contributed by atoms with Gasteiger partial charge in [-0.2, -0.15) is 0 Å². The van der Waals surface area contributed by atoms with Crippen LogP contribution in [0, 0.1) is 3.57 Å². The summed E-state index contributed by atoms with van der Waals surface area (Å²) >= 11 is 6.92. The molecule has 0 spiro atoms. The predicted molar refractivity (Wildman–Crippen MR) is 168 cm³/mol. The van der Waals surface area contributed by atoms with E-state index in [0.717, 1.165) is 56.2 Å². The van der Waals surface area contributed by atoms with Crippen LogP contribution in [0.5, 0.6) is 5.75 Å². The average molecular weight is 815 g/mol. The van der Waals surface area contributed by atoms with E-state index in [4.69, 9.17) is 4.74 Å². The third-order valence-corrected chi connectivity index (χ3v) is 9.65. The van der Waals surface area contributed by atoms with Crippen LogP contribution in [0.15, 0.2) is 81.8 Å². The Kier molecular flexibility index (Phi) is 11.8. The summed E-state index contributed by atoms with van der Waals surface area (Å²) in [7, 11) is 0.295. The highest BCUT2D eigenvalue weighted by Gasteiger charge is 2.22. The number of piperazine rings is 1. The lowest BCUT2D eigenvalue weighted by molar-refractivity contribution is 0.138. The van der Waals surface area contributed by atoms with Gasteiger partial charge in [0.2, 0.25) is 0 Å². The summed E-state index contributed by atoms with van der Waals surface area (Å²) in [4.78, 5) is 5.74. The van der Waals surface area contributed by atoms with E-state index < -0.39 is 11.0 Å². The van der Waals surface area contributed by atoms with Gasteiger partial charge >= 0.3 is 0 Å². The molecule has 1 aliphatic rings. The van der Waals surface area contributed by atoms with E-state index in [2.05, 4.69) is 113 Å². The summed E-state index contributed by atoms with van der Waals surface area (Å²) in [6.07, 6.45) is 8.34. The second-order valence-corrected chi connectivity index (χ2v) is 12.6. The van der Waals surface area contributed by atoms with Gasteiger partial charge in [0.15, 0.2) is 11.0 Å². The summed E-state index contributed by atoms with van der Waals surface area (Å²) in [5.74, 6) is 0.760. The van der Waals surface area contributed by atoms with Crippen molar-refractivity contribution in [3.05, 3.63) is 86.1 Å². The van der Waals surface area contributed by atoms with Crippen molar-refractivity contribution in [3.8, 4) is 5.75 Å². The first-order valence-corrected chi connectivity index (χ1v) is 15.3. The lowest BCUT2D eigenvalue weighted by atomic mass is 10.2. The summed E-state index contributed by atoms with van der Waals surface area (Å²) in [5, 5.41) is 0. The van der Waals surface area contributed by atoms with Gasteiger partial charge in [-0.05, 0) is 87.2 Å². The first-order chi connectivity index (χ1) is 16.4. The van der Waals surface area contributed by atoms with Gasteiger partial charge in [-0.15, -0.1) is 0 Å². The van der Waals surface area contributed by atoms with Crippen molar-refractivity contribution >= 4 is 84.4 Å². The first-order valence-electron chi connectivity index (χ1n) is 10.8. The number of hydrogen-bond donors (Lipinski definition) is 1. The highest BCUT2D eigenvalue weighted by atomic mass is 127. The fourth-order valence-corrected chi connectivity index (χ4v) is 6.62. The minimum atomic E-state index is -1.33. The quantitative estimate of drug-likeness (QED) is 0.128. The lowest BCUT2D eigenvalue weighted by Gasteiger charge is -2.37. The Balaban J connectivity index is 1.50. The molecule has 1 aliphatic heterocycles. The maximum absolute atomic E-state index is 12.8.